The van der Waals surface area contributed by atoms with Gasteiger partial charge in [0, 0.05) is 32.7 Å². The summed E-state index contributed by atoms with van der Waals surface area (Å²) in [6.07, 6.45) is 1.27. The van der Waals surface area contributed by atoms with Crippen LogP contribution in [0.2, 0.25) is 0 Å². The third kappa shape index (κ3) is 372. The molecule has 0 unspecified atom stereocenters. The van der Waals surface area contributed by atoms with Crippen molar-refractivity contribution in [2.75, 3.05) is 0 Å². The third-order valence-corrected chi connectivity index (χ3v) is 1.06. The van der Waals surface area contributed by atoms with E-state index in [1.54, 1.807) is 0 Å². The summed E-state index contributed by atoms with van der Waals surface area (Å²) >= 11 is 0. The van der Waals surface area contributed by atoms with E-state index in [-0.39, 0.29) is 55.0 Å². The summed E-state index contributed by atoms with van der Waals surface area (Å²) in [5.74, 6) is 1.42. The van der Waals surface area contributed by atoms with Crippen molar-refractivity contribution in [1.82, 2.24) is 0 Å². The Bertz CT molecular complexity index is 57.9. The molecule has 0 aliphatic carbocycles. The van der Waals surface area contributed by atoms with Gasteiger partial charge in [-0.25, -0.2) is 0 Å². The van der Waals surface area contributed by atoms with Gasteiger partial charge in [0.05, 0.1) is 0 Å². The summed E-state index contributed by atoms with van der Waals surface area (Å²) in [5, 5.41) is 0. The van der Waals surface area contributed by atoms with E-state index in [9.17, 15) is 0 Å². The molecule has 1 heteroatoms. The average Bonchev–Trinajstić information content (AvgIpc) is 2.25. The summed E-state index contributed by atoms with van der Waals surface area (Å²) in [6, 6.07) is 0. The maximum atomic E-state index is 2.24. The summed E-state index contributed by atoms with van der Waals surface area (Å²) in [6.45, 7) is 27.2. The van der Waals surface area contributed by atoms with E-state index in [1.807, 2.05) is 41.5 Å². The van der Waals surface area contributed by atoms with Crippen LogP contribution in [0.25, 0.3) is 0 Å². The van der Waals surface area contributed by atoms with Crippen molar-refractivity contribution in [2.24, 2.45) is 5.41 Å². The van der Waals surface area contributed by atoms with Gasteiger partial charge >= 0.3 is 0 Å². The van der Waals surface area contributed by atoms with Crippen LogP contribution in [-0.2, 0) is 32.7 Å². The second-order valence-corrected chi connectivity index (χ2v) is 4.41. The Morgan fingerprint density at radius 2 is 0.750 bits per heavy atom. The van der Waals surface area contributed by atoms with E-state index in [4.69, 9.17) is 0 Å². The first-order chi connectivity index (χ1) is 7.29. The fourth-order valence-electron chi connectivity index (χ4n) is 0. The molecule has 0 aliphatic rings. The van der Waals surface area contributed by atoms with E-state index < -0.39 is 0 Å². The van der Waals surface area contributed by atoms with Gasteiger partial charge in [0.25, 0.3) is 0 Å². The van der Waals surface area contributed by atoms with Gasteiger partial charge in [-0.2, -0.15) is 20.8 Å². The molecule has 0 aromatic heterocycles. The van der Waals surface area contributed by atoms with Crippen LogP contribution in [0, 0.1) is 18.8 Å². The Morgan fingerprint density at radius 1 is 0.700 bits per heavy atom. The summed E-state index contributed by atoms with van der Waals surface area (Å²) in [5.41, 5.74) is 0.542. The van der Waals surface area contributed by atoms with Crippen molar-refractivity contribution in [3.63, 3.8) is 0 Å². The predicted octanol–water partition coefficient (Wildman–Crippen LogP) is 8.86. The minimum absolute atomic E-state index is 0. The van der Waals surface area contributed by atoms with Crippen LogP contribution in [0.4, 0.5) is 0 Å². The molecule has 0 fully saturated rings. The van der Waals surface area contributed by atoms with Gasteiger partial charge in [0.15, 0.2) is 0 Å². The second kappa shape index (κ2) is 59.5. The van der Waals surface area contributed by atoms with Gasteiger partial charge in [-0.15, -0.1) is 0 Å². The average molecular weight is 370 g/mol. The Labute approximate surface area is 162 Å². The normalized spacial score (nSPS) is 6.30. The minimum Gasteiger partial charge on any atom is -0.358 e. The van der Waals surface area contributed by atoms with Crippen LogP contribution in [0.1, 0.15) is 111 Å². The molecule has 0 spiro atoms. The Kier molecular flexibility index (Phi) is 173. The van der Waals surface area contributed by atoms with Crippen LogP contribution in [0.5, 0.6) is 0 Å². The molecule has 1 radical (unpaired) electrons. The Hall–Kier alpha value is 1.10. The van der Waals surface area contributed by atoms with E-state index in [0.29, 0.717) is 5.41 Å². The fourth-order valence-corrected chi connectivity index (χ4v) is 0. The second-order valence-electron chi connectivity index (χ2n) is 4.41. The molecule has 0 N–H and O–H groups in total. The van der Waals surface area contributed by atoms with Gasteiger partial charge < -0.3 is 13.3 Å². The zero-order valence-corrected chi connectivity index (χ0v) is 19.1. The van der Waals surface area contributed by atoms with Crippen molar-refractivity contribution in [3.8, 4) is 0 Å². The van der Waals surface area contributed by atoms with Crippen molar-refractivity contribution in [1.29, 1.82) is 0 Å². The fraction of sp³-hybridized carbons (Fsp3) is 0.895. The van der Waals surface area contributed by atoms with Gasteiger partial charge in [0.2, 0.25) is 0 Å². The SMILES string of the molecule is C.C.CC.CC.CC.CCC(C)(C)C.C[C-](C)C.[CH3-].[Y]. The number of hydrogen-bond donors (Lipinski definition) is 0. The summed E-state index contributed by atoms with van der Waals surface area (Å²) in [7, 11) is 0. The molecule has 0 atom stereocenters. The molecule has 0 bridgehead atoms. The molecule has 20 heavy (non-hydrogen) atoms. The first-order valence-electron chi connectivity index (χ1n) is 7.06. The third-order valence-electron chi connectivity index (χ3n) is 1.06. The van der Waals surface area contributed by atoms with E-state index in [1.165, 1.54) is 12.3 Å². The molecule has 0 saturated carbocycles. The first kappa shape index (κ1) is 58.2. The molecule has 0 aromatic rings. The molecule has 0 nitrogen and oxygen atoms in total. The molecule has 0 amide bonds. The summed E-state index contributed by atoms with van der Waals surface area (Å²) < 4.78 is 0. The van der Waals surface area contributed by atoms with Crippen LogP contribution < -0.4 is 0 Å². The zero-order chi connectivity index (χ0) is 14.8. The molecule has 0 saturated heterocycles. The number of rotatable bonds is 0. The standard InChI is InChI=1S/C6H14.C4H9.3C2H6.2CH4.CH3.Y/c1-5-6(2,3)4;1-4(2)3;3*1-2;;;;/h5H2,1-4H3;1-3H3;3*1-2H3;2*1H4;1H3;/q;-1;;;;;;-1;. The smallest absolute Gasteiger partial charge is 0 e. The number of hydrogen-bond acceptors (Lipinski definition) is 0. The van der Waals surface area contributed by atoms with Crippen molar-refractivity contribution in [3.05, 3.63) is 13.3 Å². The quantitative estimate of drug-likeness (QED) is 0.374. The molecule has 0 heterocycles. The predicted molar refractivity (Wildman–Crippen MR) is 104 cm³/mol. The summed E-state index contributed by atoms with van der Waals surface area (Å²) in [4.78, 5) is 0. The molecule has 133 valence electrons. The zero-order valence-electron chi connectivity index (χ0n) is 16.3. The molecular weight excluding hydrogens is 317 g/mol. The molecule has 0 aliphatic heterocycles. The van der Waals surface area contributed by atoms with Gasteiger partial charge in [-0.3, -0.25) is 0 Å². The maximum absolute atomic E-state index is 2.24. The Balaban J connectivity index is -0.0000000112. The largest absolute Gasteiger partial charge is 0.358 e. The van der Waals surface area contributed by atoms with Crippen molar-refractivity contribution in [2.45, 2.75) is 111 Å². The molecule has 0 rings (SSSR count). The topological polar surface area (TPSA) is 0 Å². The van der Waals surface area contributed by atoms with Crippen LogP contribution in [0.3, 0.4) is 0 Å². The minimum atomic E-state index is 0. The van der Waals surface area contributed by atoms with Crippen LogP contribution in [-0.4, -0.2) is 0 Å². The van der Waals surface area contributed by atoms with Gasteiger partial charge in [-0.05, 0) is 5.41 Å². The maximum Gasteiger partial charge on any atom is 0 e. The Morgan fingerprint density at radius 3 is 0.750 bits per heavy atom. The molecular formula is C19H52Y-2. The van der Waals surface area contributed by atoms with E-state index in [2.05, 4.69) is 48.5 Å². The van der Waals surface area contributed by atoms with Crippen molar-refractivity contribution < 1.29 is 32.7 Å². The monoisotopic (exact) mass is 369 g/mol. The van der Waals surface area contributed by atoms with E-state index in [0.717, 1.165) is 0 Å². The first-order valence-corrected chi connectivity index (χ1v) is 7.06. The van der Waals surface area contributed by atoms with Crippen LogP contribution in [0.15, 0.2) is 0 Å². The van der Waals surface area contributed by atoms with E-state index >= 15 is 0 Å². The molecule has 0 aromatic carbocycles. The van der Waals surface area contributed by atoms with Crippen LogP contribution >= 0.6 is 0 Å². The van der Waals surface area contributed by atoms with Gasteiger partial charge in [0.1, 0.15) is 0 Å². The van der Waals surface area contributed by atoms with Gasteiger partial charge in [-0.1, -0.05) is 90.5 Å². The van der Waals surface area contributed by atoms with Crippen molar-refractivity contribution >= 4 is 0 Å².